The number of rotatable bonds is 8. The first-order chi connectivity index (χ1) is 9.39. The monoisotopic (exact) mass is 281 g/mol. The molecule has 0 radical (unpaired) electrons. The van der Waals surface area contributed by atoms with Crippen molar-refractivity contribution in [2.45, 2.75) is 53.1 Å². The normalized spacial score (nSPS) is 11.5. The molecule has 114 valence electrons. The second-order valence-corrected chi connectivity index (χ2v) is 5.54. The molecule has 0 saturated heterocycles. The predicted molar refractivity (Wildman–Crippen MR) is 81.5 cm³/mol. The third-order valence-electron chi connectivity index (χ3n) is 3.25. The molecule has 0 atom stereocenters. The Balaban J connectivity index is 2.72. The zero-order valence-electron chi connectivity index (χ0n) is 13.5. The molecule has 0 aliphatic heterocycles. The second-order valence-electron chi connectivity index (χ2n) is 5.54. The van der Waals surface area contributed by atoms with Gasteiger partial charge in [0.1, 0.15) is 11.6 Å². The van der Waals surface area contributed by atoms with Gasteiger partial charge in [-0.1, -0.05) is 6.92 Å². The van der Waals surface area contributed by atoms with Gasteiger partial charge in [-0.2, -0.15) is 4.98 Å². The molecule has 0 bridgehead atoms. The topological polar surface area (TPSA) is 56.3 Å². The zero-order valence-corrected chi connectivity index (χ0v) is 13.5. The van der Waals surface area contributed by atoms with Gasteiger partial charge in [-0.25, -0.2) is 4.98 Å². The van der Waals surface area contributed by atoms with Crippen LogP contribution < -0.4 is 10.1 Å². The molecule has 1 heterocycles. The second kappa shape index (κ2) is 7.43. The Morgan fingerprint density at radius 2 is 1.90 bits per heavy atom. The van der Waals surface area contributed by atoms with E-state index in [0.717, 1.165) is 36.6 Å². The van der Waals surface area contributed by atoms with Crippen molar-refractivity contribution in [2.75, 3.05) is 25.6 Å². The number of ether oxygens (including phenoxy) is 2. The number of methoxy groups -OCH3 is 1. The highest BCUT2D eigenvalue weighted by Gasteiger charge is 2.17. The molecule has 5 heteroatoms. The first kappa shape index (κ1) is 16.7. The molecule has 1 aromatic heterocycles. The van der Waals surface area contributed by atoms with Crippen LogP contribution in [0, 0.1) is 13.8 Å². The summed E-state index contributed by atoms with van der Waals surface area (Å²) in [6.45, 7) is 11.5. The Morgan fingerprint density at radius 3 is 2.50 bits per heavy atom. The quantitative estimate of drug-likeness (QED) is 0.793. The first-order valence-electron chi connectivity index (χ1n) is 7.16. The highest BCUT2D eigenvalue weighted by Crippen LogP contribution is 2.23. The van der Waals surface area contributed by atoms with Gasteiger partial charge >= 0.3 is 0 Å². The standard InChI is InChI=1S/C15H27N3O2/c1-7-9-16-13-11(2)14(18-12(3)17-13)20-10-8-15(4,5)19-6/h7-10H2,1-6H3,(H,16,17,18). The highest BCUT2D eigenvalue weighted by atomic mass is 16.5. The number of nitrogens with zero attached hydrogens (tertiary/aromatic N) is 2. The van der Waals surface area contributed by atoms with E-state index in [0.29, 0.717) is 12.5 Å². The average molecular weight is 281 g/mol. The van der Waals surface area contributed by atoms with E-state index in [-0.39, 0.29) is 5.60 Å². The molecule has 20 heavy (non-hydrogen) atoms. The van der Waals surface area contributed by atoms with Crippen LogP contribution in [0.1, 0.15) is 45.0 Å². The van der Waals surface area contributed by atoms with E-state index in [2.05, 4.69) is 22.2 Å². The lowest BCUT2D eigenvalue weighted by atomic mass is 10.1. The first-order valence-corrected chi connectivity index (χ1v) is 7.16. The van der Waals surface area contributed by atoms with Gasteiger partial charge in [0.2, 0.25) is 5.88 Å². The Hall–Kier alpha value is -1.36. The van der Waals surface area contributed by atoms with Crippen molar-refractivity contribution < 1.29 is 9.47 Å². The summed E-state index contributed by atoms with van der Waals surface area (Å²) >= 11 is 0. The average Bonchev–Trinajstić information content (AvgIpc) is 2.40. The van der Waals surface area contributed by atoms with E-state index in [9.17, 15) is 0 Å². The molecule has 1 N–H and O–H groups in total. The SMILES string of the molecule is CCCNc1nc(C)nc(OCCC(C)(C)OC)c1C. The minimum absolute atomic E-state index is 0.181. The fraction of sp³-hybridized carbons (Fsp3) is 0.733. The molecule has 0 aromatic carbocycles. The fourth-order valence-electron chi connectivity index (χ4n) is 1.65. The summed E-state index contributed by atoms with van der Waals surface area (Å²) in [5.41, 5.74) is 0.776. The third kappa shape index (κ3) is 4.96. The molecule has 0 fully saturated rings. The lowest BCUT2D eigenvalue weighted by molar-refractivity contribution is 0.00501. The van der Waals surface area contributed by atoms with Gasteiger partial charge in [-0.3, -0.25) is 0 Å². The molecular weight excluding hydrogens is 254 g/mol. The van der Waals surface area contributed by atoms with Crippen LogP contribution in [0.4, 0.5) is 5.82 Å². The van der Waals surface area contributed by atoms with Gasteiger partial charge < -0.3 is 14.8 Å². The minimum Gasteiger partial charge on any atom is -0.477 e. The maximum absolute atomic E-state index is 5.80. The van der Waals surface area contributed by atoms with E-state index in [4.69, 9.17) is 9.47 Å². The summed E-state index contributed by atoms with van der Waals surface area (Å²) in [6, 6.07) is 0. The van der Waals surface area contributed by atoms with Gasteiger partial charge in [0.05, 0.1) is 17.8 Å². The Labute approximate surface area is 122 Å². The Morgan fingerprint density at radius 1 is 1.20 bits per heavy atom. The van der Waals surface area contributed by atoms with Crippen LogP contribution >= 0.6 is 0 Å². The number of nitrogens with one attached hydrogen (secondary N) is 1. The summed E-state index contributed by atoms with van der Waals surface area (Å²) < 4.78 is 11.2. The minimum atomic E-state index is -0.181. The molecule has 1 rings (SSSR count). The number of aromatic nitrogens is 2. The van der Waals surface area contributed by atoms with Gasteiger partial charge in [0.15, 0.2) is 0 Å². The summed E-state index contributed by atoms with van der Waals surface area (Å²) in [7, 11) is 1.72. The molecule has 0 aliphatic carbocycles. The zero-order chi connectivity index (χ0) is 15.2. The smallest absolute Gasteiger partial charge is 0.221 e. The number of aryl methyl sites for hydroxylation is 1. The fourth-order valence-corrected chi connectivity index (χ4v) is 1.65. The lowest BCUT2D eigenvalue weighted by Crippen LogP contribution is -2.25. The molecule has 0 unspecified atom stereocenters. The van der Waals surface area contributed by atoms with Crippen LogP contribution in [0.25, 0.3) is 0 Å². The van der Waals surface area contributed by atoms with E-state index in [1.807, 2.05) is 27.7 Å². The molecule has 0 aliphatic rings. The summed E-state index contributed by atoms with van der Waals surface area (Å²) in [4.78, 5) is 8.79. The molecule has 1 aromatic rings. The van der Waals surface area contributed by atoms with Crippen LogP contribution in [-0.4, -0.2) is 35.8 Å². The van der Waals surface area contributed by atoms with Gasteiger partial charge in [-0.05, 0) is 34.1 Å². The maximum atomic E-state index is 5.80. The largest absolute Gasteiger partial charge is 0.477 e. The Kier molecular flexibility index (Phi) is 6.20. The third-order valence-corrected chi connectivity index (χ3v) is 3.25. The number of hydrogen-bond donors (Lipinski definition) is 1. The lowest BCUT2D eigenvalue weighted by Gasteiger charge is -2.22. The van der Waals surface area contributed by atoms with E-state index >= 15 is 0 Å². The van der Waals surface area contributed by atoms with Gasteiger partial charge in [-0.15, -0.1) is 0 Å². The van der Waals surface area contributed by atoms with Crippen LogP contribution in [-0.2, 0) is 4.74 Å². The molecule has 0 amide bonds. The van der Waals surface area contributed by atoms with E-state index in [1.54, 1.807) is 7.11 Å². The summed E-state index contributed by atoms with van der Waals surface area (Å²) in [6.07, 6.45) is 1.87. The van der Waals surface area contributed by atoms with Crippen molar-refractivity contribution in [3.8, 4) is 5.88 Å². The van der Waals surface area contributed by atoms with E-state index < -0.39 is 0 Å². The molecule has 5 nitrogen and oxygen atoms in total. The highest BCUT2D eigenvalue weighted by molar-refractivity contribution is 5.48. The Bertz CT molecular complexity index is 433. The van der Waals surface area contributed by atoms with Crippen molar-refractivity contribution in [3.63, 3.8) is 0 Å². The van der Waals surface area contributed by atoms with Crippen molar-refractivity contribution in [1.29, 1.82) is 0 Å². The van der Waals surface area contributed by atoms with E-state index in [1.165, 1.54) is 0 Å². The van der Waals surface area contributed by atoms with Crippen LogP contribution in [0.2, 0.25) is 0 Å². The van der Waals surface area contributed by atoms with Crippen LogP contribution in [0.3, 0.4) is 0 Å². The van der Waals surface area contributed by atoms with Crippen LogP contribution in [0.15, 0.2) is 0 Å². The van der Waals surface area contributed by atoms with Crippen molar-refractivity contribution >= 4 is 5.82 Å². The number of hydrogen-bond acceptors (Lipinski definition) is 5. The molecule has 0 saturated carbocycles. The van der Waals surface area contributed by atoms with Crippen molar-refractivity contribution in [3.05, 3.63) is 11.4 Å². The number of anilines is 1. The summed E-state index contributed by atoms with van der Waals surface area (Å²) in [5.74, 6) is 2.23. The van der Waals surface area contributed by atoms with Crippen molar-refractivity contribution in [1.82, 2.24) is 9.97 Å². The van der Waals surface area contributed by atoms with Gasteiger partial charge in [0.25, 0.3) is 0 Å². The maximum Gasteiger partial charge on any atom is 0.221 e. The van der Waals surface area contributed by atoms with Crippen molar-refractivity contribution in [2.24, 2.45) is 0 Å². The molecule has 0 spiro atoms. The summed E-state index contributed by atoms with van der Waals surface area (Å²) in [5, 5.41) is 3.31. The van der Waals surface area contributed by atoms with Crippen LogP contribution in [0.5, 0.6) is 5.88 Å². The molecular formula is C15H27N3O2. The van der Waals surface area contributed by atoms with Gasteiger partial charge in [0, 0.05) is 20.1 Å². The predicted octanol–water partition coefficient (Wildman–Crippen LogP) is 3.11.